The average molecular weight is 328 g/mol. The molecule has 1 heterocycles. The SMILES string of the molecule is CN=S(C)(=O)c1ccc(CN2C(=O)c3ccccc3C2=O)cc1. The van der Waals surface area contributed by atoms with Gasteiger partial charge >= 0.3 is 0 Å². The van der Waals surface area contributed by atoms with Crippen LogP contribution in [0.2, 0.25) is 0 Å². The monoisotopic (exact) mass is 328 g/mol. The van der Waals surface area contributed by atoms with Crippen molar-refractivity contribution < 1.29 is 13.8 Å². The van der Waals surface area contributed by atoms with Crippen LogP contribution >= 0.6 is 0 Å². The van der Waals surface area contributed by atoms with Crippen LogP contribution in [-0.2, 0) is 16.3 Å². The van der Waals surface area contributed by atoms with Crippen molar-refractivity contribution in [3.63, 3.8) is 0 Å². The zero-order valence-corrected chi connectivity index (χ0v) is 13.7. The Labute approximate surface area is 135 Å². The first-order valence-electron chi connectivity index (χ1n) is 7.08. The summed E-state index contributed by atoms with van der Waals surface area (Å²) in [7, 11) is -0.857. The van der Waals surface area contributed by atoms with Gasteiger partial charge in [0, 0.05) is 18.2 Å². The number of benzene rings is 2. The van der Waals surface area contributed by atoms with Crippen molar-refractivity contribution in [3.05, 3.63) is 65.2 Å². The second-order valence-corrected chi connectivity index (χ2v) is 7.81. The van der Waals surface area contributed by atoms with E-state index in [4.69, 9.17) is 0 Å². The molecule has 118 valence electrons. The number of imide groups is 1. The first-order valence-corrected chi connectivity index (χ1v) is 9.01. The van der Waals surface area contributed by atoms with Crippen molar-refractivity contribution in [1.29, 1.82) is 0 Å². The lowest BCUT2D eigenvalue weighted by molar-refractivity contribution is 0.0642. The van der Waals surface area contributed by atoms with E-state index in [0.29, 0.717) is 16.0 Å². The van der Waals surface area contributed by atoms with Gasteiger partial charge in [-0.05, 0) is 29.8 Å². The van der Waals surface area contributed by atoms with Crippen LogP contribution in [0, 0.1) is 0 Å². The van der Waals surface area contributed by atoms with Crippen LogP contribution in [0.3, 0.4) is 0 Å². The summed E-state index contributed by atoms with van der Waals surface area (Å²) in [4.78, 5) is 26.5. The minimum Gasteiger partial charge on any atom is -0.270 e. The number of fused-ring (bicyclic) bond motifs is 1. The summed E-state index contributed by atoms with van der Waals surface area (Å²) in [6, 6.07) is 13.8. The van der Waals surface area contributed by atoms with Crippen molar-refractivity contribution in [3.8, 4) is 0 Å². The molecule has 0 bridgehead atoms. The maximum Gasteiger partial charge on any atom is 0.261 e. The number of rotatable bonds is 3. The van der Waals surface area contributed by atoms with Crippen LogP contribution < -0.4 is 0 Å². The number of hydrogen-bond acceptors (Lipinski definition) is 4. The maximum absolute atomic E-state index is 12.3. The molecule has 1 aliphatic heterocycles. The van der Waals surface area contributed by atoms with Crippen LogP contribution in [0.4, 0.5) is 0 Å². The Kier molecular flexibility index (Phi) is 3.77. The Balaban J connectivity index is 1.86. The number of nitrogens with zero attached hydrogens (tertiary/aromatic N) is 2. The molecule has 0 saturated carbocycles. The van der Waals surface area contributed by atoms with E-state index in [9.17, 15) is 13.8 Å². The Morgan fingerprint density at radius 3 is 1.96 bits per heavy atom. The number of amides is 2. The maximum atomic E-state index is 12.3. The molecule has 1 aliphatic rings. The van der Waals surface area contributed by atoms with Crippen molar-refractivity contribution in [2.75, 3.05) is 13.3 Å². The highest BCUT2D eigenvalue weighted by Gasteiger charge is 2.34. The Hall–Kier alpha value is -2.47. The summed E-state index contributed by atoms with van der Waals surface area (Å²) in [5.41, 5.74) is 1.68. The van der Waals surface area contributed by atoms with Crippen molar-refractivity contribution in [1.82, 2.24) is 4.90 Å². The van der Waals surface area contributed by atoms with Gasteiger partial charge in [-0.15, -0.1) is 0 Å². The summed E-state index contributed by atoms with van der Waals surface area (Å²) >= 11 is 0. The lowest BCUT2D eigenvalue weighted by Crippen LogP contribution is -2.29. The highest BCUT2D eigenvalue weighted by atomic mass is 32.2. The molecule has 0 radical (unpaired) electrons. The first-order chi connectivity index (χ1) is 10.9. The fourth-order valence-electron chi connectivity index (χ4n) is 2.52. The summed E-state index contributed by atoms with van der Waals surface area (Å²) in [5, 5.41) is 0. The van der Waals surface area contributed by atoms with E-state index < -0.39 is 9.73 Å². The standard InChI is InChI=1S/C17H16N2O3S/c1-18-23(2,22)13-9-7-12(8-10-13)11-19-16(20)14-5-3-4-6-15(14)17(19)21/h3-10H,11H2,1-2H3. The normalized spacial score (nSPS) is 16.2. The minimum absolute atomic E-state index is 0.195. The van der Waals surface area contributed by atoms with E-state index in [0.717, 1.165) is 5.56 Å². The third-order valence-corrected chi connectivity index (χ3v) is 5.77. The molecule has 2 aromatic carbocycles. The van der Waals surface area contributed by atoms with E-state index in [1.807, 2.05) is 0 Å². The van der Waals surface area contributed by atoms with Crippen LogP contribution in [0.25, 0.3) is 0 Å². The molecule has 0 saturated heterocycles. The number of carbonyl (C=O) groups is 2. The van der Waals surface area contributed by atoms with Crippen LogP contribution in [0.1, 0.15) is 26.3 Å². The predicted octanol–water partition coefficient (Wildman–Crippen LogP) is 2.57. The highest BCUT2D eigenvalue weighted by Crippen LogP contribution is 2.24. The third-order valence-electron chi connectivity index (χ3n) is 3.93. The van der Waals surface area contributed by atoms with E-state index >= 15 is 0 Å². The lowest BCUT2D eigenvalue weighted by Gasteiger charge is -2.14. The molecule has 1 unspecified atom stereocenters. The molecular weight excluding hydrogens is 312 g/mol. The largest absolute Gasteiger partial charge is 0.270 e. The van der Waals surface area contributed by atoms with E-state index in [-0.39, 0.29) is 18.4 Å². The molecule has 0 spiro atoms. The van der Waals surface area contributed by atoms with E-state index in [2.05, 4.69) is 4.36 Å². The van der Waals surface area contributed by atoms with Gasteiger partial charge in [-0.2, -0.15) is 0 Å². The highest BCUT2D eigenvalue weighted by molar-refractivity contribution is 7.93. The Morgan fingerprint density at radius 2 is 1.48 bits per heavy atom. The predicted molar refractivity (Wildman–Crippen MR) is 87.8 cm³/mol. The van der Waals surface area contributed by atoms with Crippen LogP contribution in [0.15, 0.2) is 57.8 Å². The zero-order chi connectivity index (χ0) is 16.6. The first kappa shape index (κ1) is 15.4. The van der Waals surface area contributed by atoms with Gasteiger partial charge in [0.2, 0.25) is 0 Å². The minimum atomic E-state index is -2.38. The molecular formula is C17H16N2O3S. The summed E-state index contributed by atoms with van der Waals surface area (Å²) in [6.45, 7) is 0.195. The second-order valence-electron chi connectivity index (χ2n) is 5.37. The van der Waals surface area contributed by atoms with Crippen LogP contribution in [-0.4, -0.2) is 34.2 Å². The average Bonchev–Trinajstić information content (AvgIpc) is 2.81. The van der Waals surface area contributed by atoms with Gasteiger partial charge in [0.25, 0.3) is 11.8 Å². The third kappa shape index (κ3) is 2.66. The molecule has 2 aromatic rings. The fourth-order valence-corrected chi connectivity index (χ4v) is 3.37. The molecule has 5 nitrogen and oxygen atoms in total. The van der Waals surface area contributed by atoms with Crippen molar-refractivity contribution >= 4 is 21.5 Å². The van der Waals surface area contributed by atoms with Gasteiger partial charge in [0.15, 0.2) is 0 Å². The smallest absolute Gasteiger partial charge is 0.261 e. The summed E-state index contributed by atoms with van der Waals surface area (Å²) in [5.74, 6) is -0.560. The molecule has 0 aromatic heterocycles. The molecule has 0 fully saturated rings. The van der Waals surface area contributed by atoms with Gasteiger partial charge in [-0.25, -0.2) is 8.57 Å². The summed E-state index contributed by atoms with van der Waals surface area (Å²) in [6.07, 6.45) is 1.58. The summed E-state index contributed by atoms with van der Waals surface area (Å²) < 4.78 is 16.1. The Bertz CT molecular complexity index is 875. The Morgan fingerprint density at radius 1 is 0.957 bits per heavy atom. The van der Waals surface area contributed by atoms with Gasteiger partial charge in [0.05, 0.1) is 27.4 Å². The van der Waals surface area contributed by atoms with Crippen molar-refractivity contribution in [2.24, 2.45) is 4.36 Å². The molecule has 0 aliphatic carbocycles. The van der Waals surface area contributed by atoms with Gasteiger partial charge in [-0.3, -0.25) is 14.5 Å². The molecule has 3 rings (SSSR count). The topological polar surface area (TPSA) is 66.8 Å². The fraction of sp³-hybridized carbons (Fsp3) is 0.176. The van der Waals surface area contributed by atoms with Gasteiger partial charge in [-0.1, -0.05) is 24.3 Å². The van der Waals surface area contributed by atoms with Crippen LogP contribution in [0.5, 0.6) is 0 Å². The van der Waals surface area contributed by atoms with Gasteiger partial charge < -0.3 is 0 Å². The quantitative estimate of drug-likeness (QED) is 0.813. The lowest BCUT2D eigenvalue weighted by atomic mass is 10.1. The number of carbonyl (C=O) groups excluding carboxylic acids is 2. The molecule has 1 atom stereocenters. The van der Waals surface area contributed by atoms with E-state index in [1.165, 1.54) is 11.9 Å². The second kappa shape index (κ2) is 5.62. The zero-order valence-electron chi connectivity index (χ0n) is 12.9. The molecule has 6 heteroatoms. The number of hydrogen-bond donors (Lipinski definition) is 0. The molecule has 23 heavy (non-hydrogen) atoms. The van der Waals surface area contributed by atoms with Gasteiger partial charge in [0.1, 0.15) is 0 Å². The van der Waals surface area contributed by atoms with E-state index in [1.54, 1.807) is 54.8 Å². The van der Waals surface area contributed by atoms with Crippen molar-refractivity contribution in [2.45, 2.75) is 11.4 Å². The molecule has 2 amide bonds. The molecule has 0 N–H and O–H groups in total.